The van der Waals surface area contributed by atoms with Gasteiger partial charge >= 0.3 is 39.5 Å². The number of rotatable bonds is 64. The van der Waals surface area contributed by atoms with Crippen LogP contribution in [0.2, 0.25) is 0 Å². The zero-order valence-electron chi connectivity index (χ0n) is 54.2. The third-order valence-corrected chi connectivity index (χ3v) is 17.6. The van der Waals surface area contributed by atoms with Crippen molar-refractivity contribution in [1.82, 2.24) is 0 Å². The second-order valence-electron chi connectivity index (χ2n) is 24.0. The van der Waals surface area contributed by atoms with Crippen molar-refractivity contribution in [3.8, 4) is 0 Å². The van der Waals surface area contributed by atoms with Crippen LogP contribution in [-0.2, 0) is 65.4 Å². The minimum Gasteiger partial charge on any atom is -0.462 e. The van der Waals surface area contributed by atoms with Crippen molar-refractivity contribution in [3.63, 3.8) is 0 Å². The molecule has 0 amide bonds. The number of aliphatic hydroxyl groups excluding tert-OH is 1. The van der Waals surface area contributed by atoms with Crippen LogP contribution in [-0.4, -0.2) is 96.7 Å². The van der Waals surface area contributed by atoms with Crippen LogP contribution in [0.3, 0.4) is 0 Å². The predicted octanol–water partition coefficient (Wildman–Crippen LogP) is 18.0. The van der Waals surface area contributed by atoms with Gasteiger partial charge in [-0.25, -0.2) is 9.13 Å². The number of hydrogen-bond donors (Lipinski definition) is 3. The highest BCUT2D eigenvalue weighted by Gasteiger charge is 2.30. The van der Waals surface area contributed by atoms with E-state index in [-0.39, 0.29) is 25.7 Å². The highest BCUT2D eigenvalue weighted by atomic mass is 31.2. The molecule has 0 spiro atoms. The lowest BCUT2D eigenvalue weighted by molar-refractivity contribution is -0.161. The fraction of sp³-hybridized carbons (Fsp3) is 0.938. The van der Waals surface area contributed by atoms with Crippen molar-refractivity contribution in [2.75, 3.05) is 39.6 Å². The van der Waals surface area contributed by atoms with E-state index >= 15 is 0 Å². The van der Waals surface area contributed by atoms with Crippen LogP contribution in [0.25, 0.3) is 0 Å². The van der Waals surface area contributed by atoms with E-state index in [9.17, 15) is 43.2 Å². The maximum Gasteiger partial charge on any atom is 0.472 e. The van der Waals surface area contributed by atoms with E-state index < -0.39 is 97.5 Å². The van der Waals surface area contributed by atoms with Gasteiger partial charge in [0, 0.05) is 25.7 Å². The number of carbonyl (C=O) groups excluding carboxylic acids is 4. The van der Waals surface area contributed by atoms with Crippen LogP contribution < -0.4 is 0 Å². The summed E-state index contributed by atoms with van der Waals surface area (Å²) in [6.45, 7) is 9.41. The van der Waals surface area contributed by atoms with Gasteiger partial charge in [-0.3, -0.25) is 37.3 Å². The summed E-state index contributed by atoms with van der Waals surface area (Å²) in [6.07, 6.45) is 40.3. The van der Waals surface area contributed by atoms with Gasteiger partial charge in [-0.05, 0) is 37.5 Å². The van der Waals surface area contributed by atoms with Crippen molar-refractivity contribution in [1.29, 1.82) is 0 Å². The van der Waals surface area contributed by atoms with E-state index in [1.807, 2.05) is 0 Å². The van der Waals surface area contributed by atoms with E-state index in [0.717, 1.165) is 108 Å². The highest BCUT2D eigenvalue weighted by Crippen LogP contribution is 2.45. The Hall–Kier alpha value is -1.94. The van der Waals surface area contributed by atoms with Crippen molar-refractivity contribution < 1.29 is 80.2 Å². The Morgan fingerprint density at radius 3 is 0.845 bits per heavy atom. The molecule has 0 aromatic rings. The Morgan fingerprint density at radius 1 is 0.333 bits per heavy atom. The van der Waals surface area contributed by atoms with Gasteiger partial charge in [-0.1, -0.05) is 273 Å². The maximum atomic E-state index is 13.0. The third kappa shape index (κ3) is 56.6. The molecular weight excluding hydrogens is 1110 g/mol. The van der Waals surface area contributed by atoms with Crippen molar-refractivity contribution in [2.45, 2.75) is 342 Å². The van der Waals surface area contributed by atoms with Gasteiger partial charge in [-0.15, -0.1) is 0 Å². The quantitative estimate of drug-likeness (QED) is 0.0222. The van der Waals surface area contributed by atoms with Gasteiger partial charge in [-0.2, -0.15) is 0 Å². The number of phosphoric ester groups is 2. The smallest absolute Gasteiger partial charge is 0.462 e. The van der Waals surface area contributed by atoms with Crippen LogP contribution in [0.1, 0.15) is 324 Å². The van der Waals surface area contributed by atoms with E-state index in [2.05, 4.69) is 41.5 Å². The zero-order chi connectivity index (χ0) is 62.2. The fourth-order valence-corrected chi connectivity index (χ4v) is 11.2. The first kappa shape index (κ1) is 82.1. The molecule has 7 atom stereocenters. The lowest BCUT2D eigenvalue weighted by atomic mass is 10.00. The number of hydrogen-bond acceptors (Lipinski definition) is 15. The van der Waals surface area contributed by atoms with Gasteiger partial charge in [0.15, 0.2) is 12.2 Å². The van der Waals surface area contributed by atoms with Crippen molar-refractivity contribution in [2.24, 2.45) is 11.8 Å². The molecule has 0 rings (SSSR count). The molecular formula is C65H126O17P2. The summed E-state index contributed by atoms with van der Waals surface area (Å²) in [7, 11) is -9.89. The molecule has 3 N–H and O–H groups in total. The molecule has 0 aromatic heterocycles. The minimum absolute atomic E-state index is 0.102. The Balaban J connectivity index is 5.26. The summed E-state index contributed by atoms with van der Waals surface area (Å²) in [5.41, 5.74) is 0. The normalized spacial score (nSPS) is 14.9. The lowest BCUT2D eigenvalue weighted by Gasteiger charge is -2.21. The van der Waals surface area contributed by atoms with Crippen LogP contribution in [0.4, 0.5) is 0 Å². The molecule has 19 heteroatoms. The molecule has 4 unspecified atom stereocenters. The zero-order valence-corrected chi connectivity index (χ0v) is 56.0. The van der Waals surface area contributed by atoms with Gasteiger partial charge in [0.1, 0.15) is 19.3 Å². The standard InChI is InChI=1S/C65H126O17P2/c1-7-11-13-15-17-19-21-22-24-26-28-37-43-49-64(69)81-60(53-75-62(67)47-41-35-27-25-23-20-18-16-14-12-8-2)55-79-83(71,72)77-51-59(66)52-78-84(73,74)80-56-61(82-65(70)50-44-38-32-30-34-40-46-58(6)10-4)54-76-63(68)48-42-36-31-29-33-39-45-57(5)9-3/h57-61,66H,7-56H2,1-6H3,(H,71,72)(H,73,74)/t57?,58?,59-,60-,61-/m1/s1. The SMILES string of the molecule is CCCCCCCCCCCCCCCC(=O)O[C@H](COC(=O)CCCCCCCCCCCCC)COP(=O)(O)OC[C@@H](O)COP(=O)(O)OC[C@@H](COC(=O)CCCCCCCCC(C)CC)OC(=O)CCCCCCCCC(C)CC. The second kappa shape index (κ2) is 57.5. The number of ether oxygens (including phenoxy) is 4. The average molecular weight is 1240 g/mol. The molecule has 0 fully saturated rings. The summed E-state index contributed by atoms with van der Waals surface area (Å²) in [5.74, 6) is -0.683. The molecule has 84 heavy (non-hydrogen) atoms. The van der Waals surface area contributed by atoms with Crippen LogP contribution in [0.5, 0.6) is 0 Å². The molecule has 0 aromatic carbocycles. The van der Waals surface area contributed by atoms with E-state index in [1.165, 1.54) is 135 Å². The number of unbranched alkanes of at least 4 members (excludes halogenated alkanes) is 32. The molecule has 498 valence electrons. The maximum absolute atomic E-state index is 13.0. The first-order valence-corrected chi connectivity index (χ1v) is 37.1. The summed E-state index contributed by atoms with van der Waals surface area (Å²) in [5, 5.41) is 10.5. The molecule has 0 radical (unpaired) electrons. The fourth-order valence-electron chi connectivity index (χ4n) is 9.64. The van der Waals surface area contributed by atoms with Crippen molar-refractivity contribution >= 4 is 39.5 Å². The Labute approximate surface area is 511 Å². The predicted molar refractivity (Wildman–Crippen MR) is 335 cm³/mol. The van der Waals surface area contributed by atoms with Gasteiger partial charge < -0.3 is 33.8 Å². The molecule has 17 nitrogen and oxygen atoms in total. The second-order valence-corrected chi connectivity index (χ2v) is 26.9. The average Bonchev–Trinajstić information content (AvgIpc) is 3.57. The first-order valence-electron chi connectivity index (χ1n) is 34.1. The molecule has 0 aliphatic rings. The number of phosphoric acid groups is 2. The number of carbonyl (C=O) groups is 4. The lowest BCUT2D eigenvalue weighted by Crippen LogP contribution is -2.30. The Bertz CT molecular complexity index is 1650. The highest BCUT2D eigenvalue weighted by molar-refractivity contribution is 7.47. The molecule has 0 aliphatic heterocycles. The topological polar surface area (TPSA) is 237 Å². The van der Waals surface area contributed by atoms with Crippen LogP contribution >= 0.6 is 15.6 Å². The minimum atomic E-state index is -4.94. The molecule has 0 bridgehead atoms. The summed E-state index contributed by atoms with van der Waals surface area (Å²) < 4.78 is 68.0. The molecule has 0 aliphatic carbocycles. The van der Waals surface area contributed by atoms with E-state index in [4.69, 9.17) is 37.0 Å². The summed E-state index contributed by atoms with van der Waals surface area (Å²) in [4.78, 5) is 72.3. The van der Waals surface area contributed by atoms with Crippen LogP contribution in [0.15, 0.2) is 0 Å². The van der Waals surface area contributed by atoms with E-state index in [0.29, 0.717) is 25.7 Å². The molecule has 0 heterocycles. The molecule has 0 saturated carbocycles. The van der Waals surface area contributed by atoms with E-state index in [1.54, 1.807) is 0 Å². The monoisotopic (exact) mass is 1240 g/mol. The largest absolute Gasteiger partial charge is 0.472 e. The summed E-state index contributed by atoms with van der Waals surface area (Å²) in [6, 6.07) is 0. The molecule has 0 saturated heterocycles. The number of esters is 4. The Kier molecular flexibility index (Phi) is 56.2. The van der Waals surface area contributed by atoms with Crippen LogP contribution in [0, 0.1) is 11.8 Å². The van der Waals surface area contributed by atoms with Gasteiger partial charge in [0.05, 0.1) is 26.4 Å². The third-order valence-electron chi connectivity index (χ3n) is 15.7. The van der Waals surface area contributed by atoms with Gasteiger partial charge in [0.25, 0.3) is 0 Å². The first-order chi connectivity index (χ1) is 40.4. The number of aliphatic hydroxyl groups is 1. The van der Waals surface area contributed by atoms with Gasteiger partial charge in [0.2, 0.25) is 0 Å². The Morgan fingerprint density at radius 2 is 0.571 bits per heavy atom. The summed E-state index contributed by atoms with van der Waals surface area (Å²) >= 11 is 0. The van der Waals surface area contributed by atoms with Crippen molar-refractivity contribution in [3.05, 3.63) is 0 Å².